The molecule has 0 aliphatic carbocycles. The predicted molar refractivity (Wildman–Crippen MR) is 94.0 cm³/mol. The summed E-state index contributed by atoms with van der Waals surface area (Å²) >= 11 is 0. The van der Waals surface area contributed by atoms with Crippen molar-refractivity contribution in [3.63, 3.8) is 0 Å². The van der Waals surface area contributed by atoms with E-state index in [1.165, 1.54) is 5.56 Å². The Balaban J connectivity index is 1.69. The van der Waals surface area contributed by atoms with E-state index in [-0.39, 0.29) is 5.92 Å². The molecule has 0 radical (unpaired) electrons. The molecule has 0 saturated carbocycles. The molecule has 4 aromatic heterocycles. The van der Waals surface area contributed by atoms with Crippen molar-refractivity contribution >= 4 is 22.1 Å². The molecule has 6 nitrogen and oxygen atoms in total. The van der Waals surface area contributed by atoms with Gasteiger partial charge in [0, 0.05) is 29.9 Å². The fraction of sp³-hybridized carbons (Fsp3) is 0.333. The van der Waals surface area contributed by atoms with Crippen LogP contribution in [0.25, 0.3) is 22.1 Å². The van der Waals surface area contributed by atoms with Gasteiger partial charge in [-0.15, -0.1) is 5.10 Å². The average molecular weight is 320 g/mol. The largest absolute Gasteiger partial charge is 0.360 e. The number of imidazole rings is 1. The number of rotatable bonds is 4. The van der Waals surface area contributed by atoms with Crippen LogP contribution >= 0.6 is 0 Å². The zero-order chi connectivity index (χ0) is 16.7. The molecular weight excluding hydrogens is 300 g/mol. The van der Waals surface area contributed by atoms with Crippen LogP contribution in [0.15, 0.2) is 30.9 Å². The standard InChI is InChI=1S/C18H20N6/c1-10(2)12-7-19-9-15-18(12)23-16(22-15)6-11(3)13-8-21-24-14-4-5-20-17(13)14/h4-5,7-11,20H,6H2,1-3H3,(H,22,23). The molecule has 4 aromatic rings. The summed E-state index contributed by atoms with van der Waals surface area (Å²) in [4.78, 5) is 15.8. The molecule has 24 heavy (non-hydrogen) atoms. The number of aromatic amines is 2. The van der Waals surface area contributed by atoms with Crippen LogP contribution in [0.1, 0.15) is 49.6 Å². The van der Waals surface area contributed by atoms with E-state index in [2.05, 4.69) is 45.9 Å². The monoisotopic (exact) mass is 320 g/mol. The summed E-state index contributed by atoms with van der Waals surface area (Å²) in [5.74, 6) is 1.65. The minimum Gasteiger partial charge on any atom is -0.360 e. The van der Waals surface area contributed by atoms with Crippen molar-refractivity contribution in [3.05, 3.63) is 47.8 Å². The van der Waals surface area contributed by atoms with E-state index in [9.17, 15) is 0 Å². The van der Waals surface area contributed by atoms with Gasteiger partial charge < -0.3 is 9.97 Å². The number of fused-ring (bicyclic) bond motifs is 2. The van der Waals surface area contributed by atoms with E-state index < -0.39 is 0 Å². The Kier molecular flexibility index (Phi) is 3.52. The number of hydrogen-bond donors (Lipinski definition) is 2. The van der Waals surface area contributed by atoms with Crippen LogP contribution in [0.5, 0.6) is 0 Å². The number of nitrogens with zero attached hydrogens (tertiary/aromatic N) is 4. The van der Waals surface area contributed by atoms with Crippen molar-refractivity contribution in [1.82, 2.24) is 30.1 Å². The van der Waals surface area contributed by atoms with Crippen molar-refractivity contribution in [2.24, 2.45) is 0 Å². The Morgan fingerprint density at radius 3 is 2.79 bits per heavy atom. The fourth-order valence-corrected chi connectivity index (χ4v) is 3.19. The minimum atomic E-state index is 0.276. The molecule has 2 N–H and O–H groups in total. The third-order valence-electron chi connectivity index (χ3n) is 4.50. The van der Waals surface area contributed by atoms with Gasteiger partial charge in [-0.2, -0.15) is 5.10 Å². The lowest BCUT2D eigenvalue weighted by Gasteiger charge is -2.10. The molecule has 0 bridgehead atoms. The number of nitrogens with one attached hydrogen (secondary N) is 2. The van der Waals surface area contributed by atoms with Gasteiger partial charge in [0.05, 0.1) is 28.9 Å². The molecule has 0 aliphatic rings. The summed E-state index contributed by atoms with van der Waals surface area (Å²) in [6, 6.07) is 1.94. The van der Waals surface area contributed by atoms with Gasteiger partial charge in [0.2, 0.25) is 0 Å². The summed E-state index contributed by atoms with van der Waals surface area (Å²) in [5.41, 5.74) is 6.32. The Hall–Kier alpha value is -2.76. The maximum Gasteiger partial charge on any atom is 0.111 e. The summed E-state index contributed by atoms with van der Waals surface area (Å²) in [6.45, 7) is 6.52. The molecular formula is C18H20N6. The van der Waals surface area contributed by atoms with E-state index in [0.717, 1.165) is 39.9 Å². The molecule has 0 saturated heterocycles. The van der Waals surface area contributed by atoms with Gasteiger partial charge in [-0.3, -0.25) is 4.98 Å². The summed E-state index contributed by atoms with van der Waals surface area (Å²) in [7, 11) is 0. The normalized spacial score (nSPS) is 13.2. The number of aromatic nitrogens is 6. The first kappa shape index (κ1) is 14.8. The summed E-state index contributed by atoms with van der Waals surface area (Å²) < 4.78 is 0. The van der Waals surface area contributed by atoms with Gasteiger partial charge in [-0.05, 0) is 17.9 Å². The van der Waals surface area contributed by atoms with Gasteiger partial charge in [0.25, 0.3) is 0 Å². The van der Waals surface area contributed by atoms with Crippen LogP contribution in [0.2, 0.25) is 0 Å². The van der Waals surface area contributed by atoms with Crippen LogP contribution in [-0.4, -0.2) is 30.1 Å². The molecule has 0 aromatic carbocycles. The zero-order valence-electron chi connectivity index (χ0n) is 14.0. The van der Waals surface area contributed by atoms with Crippen molar-refractivity contribution in [1.29, 1.82) is 0 Å². The highest BCUT2D eigenvalue weighted by Crippen LogP contribution is 2.27. The summed E-state index contributed by atoms with van der Waals surface area (Å²) in [6.07, 6.45) is 8.31. The predicted octanol–water partition coefficient (Wildman–Crippen LogP) is 3.70. The number of H-pyrrole nitrogens is 2. The van der Waals surface area contributed by atoms with Crippen molar-refractivity contribution < 1.29 is 0 Å². The highest BCUT2D eigenvalue weighted by atomic mass is 15.1. The molecule has 0 amide bonds. The lowest BCUT2D eigenvalue weighted by atomic mass is 9.98. The van der Waals surface area contributed by atoms with Crippen LogP contribution in [-0.2, 0) is 6.42 Å². The second-order valence-corrected chi connectivity index (χ2v) is 6.61. The lowest BCUT2D eigenvalue weighted by Crippen LogP contribution is -2.02. The number of pyridine rings is 1. The van der Waals surface area contributed by atoms with Gasteiger partial charge >= 0.3 is 0 Å². The Labute approximate surface area is 139 Å². The van der Waals surface area contributed by atoms with Crippen LogP contribution in [0.4, 0.5) is 0 Å². The first-order valence-corrected chi connectivity index (χ1v) is 8.24. The van der Waals surface area contributed by atoms with Gasteiger partial charge in [0.1, 0.15) is 11.3 Å². The molecule has 1 atom stereocenters. The van der Waals surface area contributed by atoms with Gasteiger partial charge in [-0.25, -0.2) is 4.98 Å². The highest BCUT2D eigenvalue weighted by Gasteiger charge is 2.16. The number of hydrogen-bond acceptors (Lipinski definition) is 4. The van der Waals surface area contributed by atoms with Crippen LogP contribution < -0.4 is 0 Å². The SMILES string of the molecule is CC(C)c1cncc2[nH]c(CC(C)c3cnnc4cc[nH]c34)nc12. The van der Waals surface area contributed by atoms with E-state index in [1.807, 2.05) is 30.9 Å². The zero-order valence-corrected chi connectivity index (χ0v) is 14.0. The lowest BCUT2D eigenvalue weighted by molar-refractivity contribution is 0.726. The Bertz CT molecular complexity index is 997. The second-order valence-electron chi connectivity index (χ2n) is 6.61. The van der Waals surface area contributed by atoms with Crippen LogP contribution in [0, 0.1) is 0 Å². The van der Waals surface area contributed by atoms with Crippen molar-refractivity contribution in [2.75, 3.05) is 0 Å². The average Bonchev–Trinajstić information content (AvgIpc) is 3.19. The Morgan fingerprint density at radius 2 is 1.96 bits per heavy atom. The maximum atomic E-state index is 4.83. The third-order valence-corrected chi connectivity index (χ3v) is 4.50. The molecule has 1 unspecified atom stereocenters. The van der Waals surface area contributed by atoms with Crippen molar-refractivity contribution in [3.8, 4) is 0 Å². The summed E-state index contributed by atoms with van der Waals surface area (Å²) in [5, 5.41) is 8.26. The van der Waals surface area contributed by atoms with E-state index in [1.54, 1.807) is 0 Å². The molecule has 4 heterocycles. The Morgan fingerprint density at radius 1 is 1.08 bits per heavy atom. The van der Waals surface area contributed by atoms with Gasteiger partial charge in [0.15, 0.2) is 0 Å². The molecule has 0 spiro atoms. The smallest absolute Gasteiger partial charge is 0.111 e. The van der Waals surface area contributed by atoms with Gasteiger partial charge in [-0.1, -0.05) is 20.8 Å². The molecule has 0 aliphatic heterocycles. The first-order valence-electron chi connectivity index (χ1n) is 8.24. The fourth-order valence-electron chi connectivity index (χ4n) is 3.19. The first-order chi connectivity index (χ1) is 11.6. The highest BCUT2D eigenvalue weighted by molar-refractivity contribution is 5.79. The molecule has 0 fully saturated rings. The second kappa shape index (κ2) is 5.70. The van der Waals surface area contributed by atoms with Crippen molar-refractivity contribution in [2.45, 2.75) is 39.0 Å². The minimum absolute atomic E-state index is 0.276. The molecule has 122 valence electrons. The quantitative estimate of drug-likeness (QED) is 0.600. The molecule has 4 rings (SSSR count). The van der Waals surface area contributed by atoms with Crippen LogP contribution in [0.3, 0.4) is 0 Å². The van der Waals surface area contributed by atoms with E-state index in [4.69, 9.17) is 4.98 Å². The maximum absolute atomic E-state index is 4.83. The topological polar surface area (TPSA) is 83.1 Å². The van der Waals surface area contributed by atoms with E-state index >= 15 is 0 Å². The molecule has 6 heteroatoms. The van der Waals surface area contributed by atoms with E-state index in [0.29, 0.717) is 5.92 Å². The third kappa shape index (κ3) is 2.44.